The summed E-state index contributed by atoms with van der Waals surface area (Å²) in [6.07, 6.45) is 12.3. The number of carbonyl (C=O) groups is 1. The summed E-state index contributed by atoms with van der Waals surface area (Å²) in [5.41, 5.74) is 1.03. The second-order valence-electron chi connectivity index (χ2n) is 2.76. The smallest absolute Gasteiger partial charge is 0.331 e. The molecular formula is C10H9NO2. The van der Waals surface area contributed by atoms with Gasteiger partial charge in [0, 0.05) is 18.5 Å². The Kier molecular flexibility index (Phi) is 2.00. The van der Waals surface area contributed by atoms with E-state index in [1.807, 2.05) is 30.6 Å². The zero-order valence-corrected chi connectivity index (χ0v) is 6.94. The van der Waals surface area contributed by atoms with Gasteiger partial charge in [-0.1, -0.05) is 0 Å². The highest BCUT2D eigenvalue weighted by molar-refractivity contribution is 5.84. The molecule has 0 aromatic carbocycles. The summed E-state index contributed by atoms with van der Waals surface area (Å²) >= 11 is 0. The summed E-state index contributed by atoms with van der Waals surface area (Å²) in [5.74, 6) is -0.274. The van der Waals surface area contributed by atoms with Gasteiger partial charge in [0.15, 0.2) is 0 Å². The highest BCUT2D eigenvalue weighted by Crippen LogP contribution is 2.11. The number of nitrogens with one attached hydrogen (secondary N) is 1. The van der Waals surface area contributed by atoms with E-state index in [4.69, 9.17) is 4.74 Å². The molecule has 1 N–H and O–H groups in total. The van der Waals surface area contributed by atoms with Crippen molar-refractivity contribution in [3.05, 3.63) is 48.4 Å². The molecule has 0 bridgehead atoms. The topological polar surface area (TPSA) is 38.3 Å². The van der Waals surface area contributed by atoms with Gasteiger partial charge >= 0.3 is 5.97 Å². The molecule has 1 unspecified atom stereocenters. The minimum atomic E-state index is -0.274. The van der Waals surface area contributed by atoms with E-state index in [0.717, 1.165) is 5.57 Å². The molecular weight excluding hydrogens is 166 g/mol. The molecule has 2 heterocycles. The molecule has 13 heavy (non-hydrogen) atoms. The zero-order chi connectivity index (χ0) is 9.10. The van der Waals surface area contributed by atoms with Crippen LogP contribution < -0.4 is 5.32 Å². The van der Waals surface area contributed by atoms with Gasteiger partial charge in [0.1, 0.15) is 6.10 Å². The van der Waals surface area contributed by atoms with E-state index in [1.54, 1.807) is 6.08 Å². The van der Waals surface area contributed by atoms with Crippen molar-refractivity contribution in [2.45, 2.75) is 6.10 Å². The summed E-state index contributed by atoms with van der Waals surface area (Å²) in [6, 6.07) is 0. The molecule has 66 valence electrons. The Morgan fingerprint density at radius 1 is 1.31 bits per heavy atom. The number of cyclic esters (lactones) is 1. The Balaban J connectivity index is 2.07. The predicted molar refractivity (Wildman–Crippen MR) is 48.5 cm³/mol. The van der Waals surface area contributed by atoms with Gasteiger partial charge in [0.2, 0.25) is 0 Å². The molecule has 0 saturated carbocycles. The monoisotopic (exact) mass is 175 g/mol. The third kappa shape index (κ3) is 1.87. The molecule has 0 aromatic heterocycles. The first-order chi connectivity index (χ1) is 6.34. The lowest BCUT2D eigenvalue weighted by Crippen LogP contribution is -2.05. The van der Waals surface area contributed by atoms with Crippen LogP contribution in [-0.2, 0) is 9.53 Å². The fourth-order valence-corrected chi connectivity index (χ4v) is 1.18. The van der Waals surface area contributed by atoms with E-state index in [0.29, 0.717) is 0 Å². The normalized spacial score (nSPS) is 24.5. The molecule has 0 fully saturated rings. The van der Waals surface area contributed by atoms with Crippen LogP contribution in [0.25, 0.3) is 0 Å². The molecule has 0 aliphatic carbocycles. The van der Waals surface area contributed by atoms with E-state index in [9.17, 15) is 4.79 Å². The number of hydrogen-bond donors (Lipinski definition) is 1. The zero-order valence-electron chi connectivity index (χ0n) is 6.94. The summed E-state index contributed by atoms with van der Waals surface area (Å²) < 4.78 is 4.95. The lowest BCUT2D eigenvalue weighted by molar-refractivity contribution is -0.137. The van der Waals surface area contributed by atoms with Crippen molar-refractivity contribution in [1.82, 2.24) is 5.32 Å². The van der Waals surface area contributed by atoms with Crippen LogP contribution >= 0.6 is 0 Å². The minimum Gasteiger partial charge on any atom is -0.451 e. The van der Waals surface area contributed by atoms with Gasteiger partial charge in [0.25, 0.3) is 0 Å². The Labute approximate surface area is 76.1 Å². The molecule has 2 aliphatic rings. The number of dihydropyridines is 1. The molecule has 3 heteroatoms. The minimum absolute atomic E-state index is 0.213. The van der Waals surface area contributed by atoms with Gasteiger partial charge in [-0.2, -0.15) is 0 Å². The van der Waals surface area contributed by atoms with Crippen molar-refractivity contribution in [1.29, 1.82) is 0 Å². The highest BCUT2D eigenvalue weighted by Gasteiger charge is 2.13. The standard InChI is InChI=1S/C10H9NO2/c12-10-2-1-9(13-10)7-8-3-5-11-6-4-8/h1-7,9,11H. The second kappa shape index (κ2) is 3.31. The molecule has 0 saturated heterocycles. The van der Waals surface area contributed by atoms with E-state index < -0.39 is 0 Å². The predicted octanol–water partition coefficient (Wildman–Crippen LogP) is 1.02. The van der Waals surface area contributed by atoms with Crippen LogP contribution in [0.2, 0.25) is 0 Å². The molecule has 0 amide bonds. The largest absolute Gasteiger partial charge is 0.451 e. The summed E-state index contributed by atoms with van der Waals surface area (Å²) in [6.45, 7) is 0. The van der Waals surface area contributed by atoms with E-state index >= 15 is 0 Å². The Morgan fingerprint density at radius 2 is 2.08 bits per heavy atom. The number of hydrogen-bond acceptors (Lipinski definition) is 3. The van der Waals surface area contributed by atoms with E-state index in [1.165, 1.54) is 6.08 Å². The maximum absolute atomic E-state index is 10.7. The van der Waals surface area contributed by atoms with Crippen LogP contribution in [0.15, 0.2) is 48.4 Å². The molecule has 1 atom stereocenters. The van der Waals surface area contributed by atoms with Crippen LogP contribution in [0.5, 0.6) is 0 Å². The maximum Gasteiger partial charge on any atom is 0.331 e. The van der Waals surface area contributed by atoms with Crippen molar-refractivity contribution >= 4 is 5.97 Å². The first-order valence-corrected chi connectivity index (χ1v) is 4.04. The maximum atomic E-state index is 10.7. The van der Waals surface area contributed by atoms with Crippen molar-refractivity contribution in [2.75, 3.05) is 0 Å². The number of allylic oxidation sites excluding steroid dienone is 3. The molecule has 0 aromatic rings. The van der Waals surface area contributed by atoms with Gasteiger partial charge < -0.3 is 10.1 Å². The SMILES string of the molecule is O=C1C=CC(C=C2C=CNC=C2)O1. The number of ether oxygens (including phenoxy) is 1. The Hall–Kier alpha value is -1.77. The van der Waals surface area contributed by atoms with Gasteiger partial charge in [-0.05, 0) is 29.9 Å². The quantitative estimate of drug-likeness (QED) is 0.605. The molecule has 3 nitrogen and oxygen atoms in total. The summed E-state index contributed by atoms with van der Waals surface area (Å²) in [5, 5.41) is 2.92. The van der Waals surface area contributed by atoms with Crippen LogP contribution in [0.4, 0.5) is 0 Å². The van der Waals surface area contributed by atoms with E-state index in [-0.39, 0.29) is 12.1 Å². The fourth-order valence-electron chi connectivity index (χ4n) is 1.18. The van der Waals surface area contributed by atoms with Gasteiger partial charge in [0.05, 0.1) is 0 Å². The van der Waals surface area contributed by atoms with Crippen LogP contribution in [0, 0.1) is 0 Å². The molecule has 0 spiro atoms. The second-order valence-corrected chi connectivity index (χ2v) is 2.76. The third-order valence-corrected chi connectivity index (χ3v) is 1.77. The molecule has 2 rings (SSSR count). The summed E-state index contributed by atoms with van der Waals surface area (Å²) in [7, 11) is 0. The van der Waals surface area contributed by atoms with Gasteiger partial charge in [-0.3, -0.25) is 0 Å². The van der Waals surface area contributed by atoms with Crippen LogP contribution in [0.3, 0.4) is 0 Å². The van der Waals surface area contributed by atoms with Crippen molar-refractivity contribution in [3.63, 3.8) is 0 Å². The van der Waals surface area contributed by atoms with Crippen molar-refractivity contribution in [3.8, 4) is 0 Å². The highest BCUT2D eigenvalue weighted by atomic mass is 16.5. The van der Waals surface area contributed by atoms with Crippen LogP contribution in [-0.4, -0.2) is 12.1 Å². The average Bonchev–Trinajstić information content (AvgIpc) is 2.53. The van der Waals surface area contributed by atoms with Crippen LogP contribution in [0.1, 0.15) is 0 Å². The third-order valence-electron chi connectivity index (χ3n) is 1.77. The van der Waals surface area contributed by atoms with Gasteiger partial charge in [-0.15, -0.1) is 0 Å². The molecule has 0 radical (unpaired) electrons. The first kappa shape index (κ1) is 7.86. The lowest BCUT2D eigenvalue weighted by Gasteiger charge is -2.05. The van der Waals surface area contributed by atoms with Crippen molar-refractivity contribution in [2.24, 2.45) is 0 Å². The molecule has 2 aliphatic heterocycles. The number of rotatable bonds is 1. The van der Waals surface area contributed by atoms with Gasteiger partial charge in [-0.25, -0.2) is 4.79 Å². The average molecular weight is 175 g/mol. The number of carbonyl (C=O) groups excluding carboxylic acids is 1. The Morgan fingerprint density at radius 3 is 2.69 bits per heavy atom. The first-order valence-electron chi connectivity index (χ1n) is 4.04. The fraction of sp³-hybridized carbons (Fsp3) is 0.100. The van der Waals surface area contributed by atoms with Crippen molar-refractivity contribution < 1.29 is 9.53 Å². The Bertz CT molecular complexity index is 323. The number of esters is 1. The summed E-state index contributed by atoms with van der Waals surface area (Å²) in [4.78, 5) is 10.7. The van der Waals surface area contributed by atoms with E-state index in [2.05, 4.69) is 5.32 Å². The lowest BCUT2D eigenvalue weighted by atomic mass is 10.1.